The number of ether oxygens (including phenoxy) is 1. The number of hydrogen-bond donors (Lipinski definition) is 0. The lowest BCUT2D eigenvalue weighted by molar-refractivity contribution is 0.190. The van der Waals surface area contributed by atoms with Gasteiger partial charge in [0, 0.05) is 11.1 Å². The van der Waals surface area contributed by atoms with Crippen LogP contribution in [0.15, 0.2) is 85.5 Å². The molecule has 0 amide bonds. The van der Waals surface area contributed by atoms with Crippen molar-refractivity contribution in [2.24, 2.45) is 17.8 Å². The minimum absolute atomic E-state index is 0.0934. The summed E-state index contributed by atoms with van der Waals surface area (Å²) >= 11 is 0. The molecule has 3 aromatic carbocycles. The predicted molar refractivity (Wildman–Crippen MR) is 168 cm³/mol. The summed E-state index contributed by atoms with van der Waals surface area (Å²) in [5.41, 5.74) is 4.05. The van der Waals surface area contributed by atoms with E-state index in [1.165, 1.54) is 56.7 Å². The summed E-state index contributed by atoms with van der Waals surface area (Å²) in [6, 6.07) is 15.4. The van der Waals surface area contributed by atoms with Gasteiger partial charge >= 0.3 is 0 Å². The Balaban J connectivity index is 1.21. The van der Waals surface area contributed by atoms with Crippen LogP contribution in [0.5, 0.6) is 5.75 Å². The summed E-state index contributed by atoms with van der Waals surface area (Å²) in [6.45, 7) is 5.71. The average Bonchev–Trinajstić information content (AvgIpc) is 3.02. The van der Waals surface area contributed by atoms with Crippen LogP contribution in [-0.2, 0) is 0 Å². The summed E-state index contributed by atoms with van der Waals surface area (Å²) in [7, 11) is 0. The minimum Gasteiger partial charge on any atom is -0.486 e. The third kappa shape index (κ3) is 6.91. The molecule has 1 unspecified atom stereocenters. The van der Waals surface area contributed by atoms with E-state index in [9.17, 15) is 8.78 Å². The van der Waals surface area contributed by atoms with Gasteiger partial charge in [0.2, 0.25) is 5.82 Å². The fourth-order valence-electron chi connectivity index (χ4n) is 6.79. The van der Waals surface area contributed by atoms with Crippen molar-refractivity contribution in [3.63, 3.8) is 0 Å². The van der Waals surface area contributed by atoms with Gasteiger partial charge in [-0.15, -0.1) is 0 Å². The van der Waals surface area contributed by atoms with Gasteiger partial charge in [-0.25, -0.2) is 8.78 Å². The smallest absolute Gasteiger partial charge is 0.201 e. The monoisotopic (exact) mass is 570 g/mol. The number of rotatable bonds is 10. The second-order valence-corrected chi connectivity index (χ2v) is 11.8. The Hall–Kier alpha value is -3.53. The van der Waals surface area contributed by atoms with E-state index in [0.717, 1.165) is 53.7 Å². The molecule has 0 heterocycles. The highest BCUT2D eigenvalue weighted by Gasteiger charge is 2.29. The molecule has 4 heteroatoms. The Morgan fingerprint density at radius 1 is 0.810 bits per heavy atom. The molecule has 0 aliphatic heterocycles. The molecular weight excluding hydrogens is 529 g/mol. The molecule has 2 aliphatic rings. The fourth-order valence-corrected chi connectivity index (χ4v) is 6.79. The fraction of sp³-hybridized carbons (Fsp3) is 0.368. The number of benzene rings is 3. The van der Waals surface area contributed by atoms with Gasteiger partial charge in [0.15, 0.2) is 11.6 Å². The van der Waals surface area contributed by atoms with E-state index in [0.29, 0.717) is 11.1 Å². The van der Waals surface area contributed by atoms with Gasteiger partial charge in [-0.1, -0.05) is 80.1 Å². The van der Waals surface area contributed by atoms with Gasteiger partial charge in [-0.3, -0.25) is 0 Å². The zero-order chi connectivity index (χ0) is 29.5. The van der Waals surface area contributed by atoms with Gasteiger partial charge in [-0.2, -0.15) is 4.39 Å². The topological polar surface area (TPSA) is 9.23 Å². The van der Waals surface area contributed by atoms with E-state index in [2.05, 4.69) is 31.7 Å². The maximum absolute atomic E-state index is 15.4. The lowest BCUT2D eigenvalue weighted by Crippen LogP contribution is -2.23. The molecule has 1 nitrogen and oxygen atoms in total. The first-order valence-corrected chi connectivity index (χ1v) is 15.4. The molecule has 5 rings (SSSR count). The first kappa shape index (κ1) is 29.9. The largest absolute Gasteiger partial charge is 0.486 e. The van der Waals surface area contributed by atoms with E-state index in [1.807, 2.05) is 24.3 Å². The van der Waals surface area contributed by atoms with E-state index >= 15 is 4.39 Å². The van der Waals surface area contributed by atoms with Crippen molar-refractivity contribution in [2.75, 3.05) is 6.61 Å². The Bertz CT molecular complexity index is 1430. The molecule has 0 radical (unpaired) electrons. The number of allylic oxidation sites excluding steroid dienone is 4. The maximum atomic E-state index is 15.4. The van der Waals surface area contributed by atoms with Crippen LogP contribution >= 0.6 is 0 Å². The van der Waals surface area contributed by atoms with E-state index in [-0.39, 0.29) is 23.7 Å². The highest BCUT2D eigenvalue weighted by Crippen LogP contribution is 2.42. The van der Waals surface area contributed by atoms with Gasteiger partial charge in [0.05, 0.1) is 0 Å². The van der Waals surface area contributed by atoms with Crippen LogP contribution in [0.2, 0.25) is 0 Å². The standard InChI is InChI=1S/C38H41F3O/c1-3-5-6-7-26-8-10-27(11-9-26)28-12-16-30(17-13-28)33-21-20-32(25-35(33)39)29-14-18-31(19-15-29)34-22-23-36(42-24-4-2)38(41)37(34)40/h3-5,14-16,18-23,25-28H,2,6-13,17,24H2,1H3. The molecule has 220 valence electrons. The van der Waals surface area contributed by atoms with Crippen molar-refractivity contribution in [3.8, 4) is 28.0 Å². The van der Waals surface area contributed by atoms with Crippen LogP contribution < -0.4 is 4.74 Å². The summed E-state index contributed by atoms with van der Waals surface area (Å²) in [5.74, 6) is 0.0632. The number of hydrogen-bond acceptors (Lipinski definition) is 1. The third-order valence-corrected chi connectivity index (χ3v) is 9.23. The second-order valence-electron chi connectivity index (χ2n) is 11.8. The first-order valence-electron chi connectivity index (χ1n) is 15.4. The first-order chi connectivity index (χ1) is 20.5. The van der Waals surface area contributed by atoms with Crippen LogP contribution in [0.25, 0.3) is 27.8 Å². The summed E-state index contributed by atoms with van der Waals surface area (Å²) in [5, 5.41) is 0. The van der Waals surface area contributed by atoms with Crippen molar-refractivity contribution in [3.05, 3.63) is 108 Å². The Morgan fingerprint density at radius 3 is 2.19 bits per heavy atom. The predicted octanol–water partition coefficient (Wildman–Crippen LogP) is 11.3. The Morgan fingerprint density at radius 2 is 1.52 bits per heavy atom. The zero-order valence-corrected chi connectivity index (χ0v) is 24.6. The summed E-state index contributed by atoms with van der Waals surface area (Å²) < 4.78 is 49.7. The molecule has 42 heavy (non-hydrogen) atoms. The molecule has 3 aromatic rings. The van der Waals surface area contributed by atoms with Gasteiger partial charge in [0.25, 0.3) is 0 Å². The molecule has 0 N–H and O–H groups in total. The summed E-state index contributed by atoms with van der Waals surface area (Å²) in [4.78, 5) is 0. The van der Waals surface area contributed by atoms with Crippen LogP contribution in [0.4, 0.5) is 13.2 Å². The van der Waals surface area contributed by atoms with Crippen molar-refractivity contribution >= 4 is 5.57 Å². The summed E-state index contributed by atoms with van der Waals surface area (Å²) in [6.07, 6.45) is 19.2. The van der Waals surface area contributed by atoms with Crippen molar-refractivity contribution in [1.29, 1.82) is 0 Å². The van der Waals surface area contributed by atoms with Crippen molar-refractivity contribution in [1.82, 2.24) is 0 Å². The number of halogens is 3. The molecule has 2 aliphatic carbocycles. The molecular formula is C38H41F3O. The third-order valence-electron chi connectivity index (χ3n) is 9.23. The molecule has 1 saturated carbocycles. The molecule has 0 saturated heterocycles. The van der Waals surface area contributed by atoms with Crippen LogP contribution in [-0.4, -0.2) is 6.61 Å². The van der Waals surface area contributed by atoms with Crippen LogP contribution in [0.3, 0.4) is 0 Å². The maximum Gasteiger partial charge on any atom is 0.201 e. The lowest BCUT2D eigenvalue weighted by Gasteiger charge is -2.35. The normalized spacial score (nSPS) is 20.9. The van der Waals surface area contributed by atoms with Gasteiger partial charge in [-0.05, 0) is 110 Å². The average molecular weight is 571 g/mol. The molecule has 0 spiro atoms. The zero-order valence-electron chi connectivity index (χ0n) is 24.6. The second kappa shape index (κ2) is 14.1. The van der Waals surface area contributed by atoms with Crippen molar-refractivity contribution < 1.29 is 17.9 Å². The molecule has 1 fully saturated rings. The van der Waals surface area contributed by atoms with E-state index in [4.69, 9.17) is 4.74 Å². The lowest BCUT2D eigenvalue weighted by atomic mass is 9.70. The van der Waals surface area contributed by atoms with Crippen LogP contribution in [0.1, 0.15) is 70.3 Å². The van der Waals surface area contributed by atoms with Crippen LogP contribution in [0, 0.1) is 35.2 Å². The van der Waals surface area contributed by atoms with E-state index in [1.54, 1.807) is 18.2 Å². The Labute approximate surface area is 248 Å². The van der Waals surface area contributed by atoms with Crippen molar-refractivity contribution in [2.45, 2.75) is 64.7 Å². The van der Waals surface area contributed by atoms with E-state index < -0.39 is 11.6 Å². The highest BCUT2D eigenvalue weighted by molar-refractivity contribution is 5.74. The highest BCUT2D eigenvalue weighted by atomic mass is 19.2. The molecule has 0 bridgehead atoms. The van der Waals surface area contributed by atoms with Gasteiger partial charge in [0.1, 0.15) is 12.4 Å². The Kier molecular flexibility index (Phi) is 10.0. The SMILES string of the molecule is C=CCOc1ccc(-c2ccc(-c3ccc(C4=CCC(C5CCC(CCC=CC)CC5)CC4)c(F)c3)cc2)c(F)c1F. The quantitative estimate of drug-likeness (QED) is 0.220. The van der Waals surface area contributed by atoms with Gasteiger partial charge < -0.3 is 4.74 Å². The molecule has 0 aromatic heterocycles. The minimum atomic E-state index is -1.03. The molecule has 1 atom stereocenters.